The number of hydrogen-bond acceptors (Lipinski definition) is 3. The first-order chi connectivity index (χ1) is 8.94. The monoisotopic (exact) mass is 267 g/mol. The molecule has 1 saturated heterocycles. The van der Waals surface area contributed by atoms with Gasteiger partial charge in [-0.1, -0.05) is 33.1 Å². The Balaban J connectivity index is 2.22. The molecule has 19 heavy (non-hydrogen) atoms. The zero-order valence-electron chi connectivity index (χ0n) is 12.7. The predicted molar refractivity (Wildman–Crippen MR) is 77.8 cm³/mol. The Morgan fingerprint density at radius 2 is 1.84 bits per heavy atom. The standard InChI is InChI=1S/C15H29N3O/c1-15(2)10-17(3)14(19)13(9-16)18(11-15)12-7-5-4-6-8-12/h12-13H,4-11,16H2,1-3H3. The molecule has 0 aromatic rings. The van der Waals surface area contributed by atoms with Crippen molar-refractivity contribution in [1.82, 2.24) is 9.80 Å². The van der Waals surface area contributed by atoms with Gasteiger partial charge in [0.1, 0.15) is 6.04 Å². The van der Waals surface area contributed by atoms with E-state index in [9.17, 15) is 4.79 Å². The highest BCUT2D eigenvalue weighted by Gasteiger charge is 2.40. The Kier molecular flexibility index (Phi) is 4.51. The zero-order chi connectivity index (χ0) is 14.0. The molecule has 2 N–H and O–H groups in total. The lowest BCUT2D eigenvalue weighted by molar-refractivity contribution is -0.134. The Morgan fingerprint density at radius 1 is 1.21 bits per heavy atom. The third kappa shape index (κ3) is 3.29. The van der Waals surface area contributed by atoms with Crippen LogP contribution in [0.2, 0.25) is 0 Å². The van der Waals surface area contributed by atoms with E-state index in [1.165, 1.54) is 32.1 Å². The lowest BCUT2D eigenvalue weighted by atomic mass is 9.88. The number of hydrogen-bond donors (Lipinski definition) is 1. The lowest BCUT2D eigenvalue weighted by Gasteiger charge is -2.40. The number of nitrogens with zero attached hydrogens (tertiary/aromatic N) is 2. The van der Waals surface area contributed by atoms with Gasteiger partial charge >= 0.3 is 0 Å². The maximum Gasteiger partial charge on any atom is 0.241 e. The fraction of sp³-hybridized carbons (Fsp3) is 0.933. The Morgan fingerprint density at radius 3 is 2.42 bits per heavy atom. The van der Waals surface area contributed by atoms with Gasteiger partial charge in [0.15, 0.2) is 0 Å². The predicted octanol–water partition coefficient (Wildman–Crippen LogP) is 1.45. The lowest BCUT2D eigenvalue weighted by Crippen LogP contribution is -2.54. The van der Waals surface area contributed by atoms with Crippen LogP contribution < -0.4 is 5.73 Å². The highest BCUT2D eigenvalue weighted by atomic mass is 16.2. The van der Waals surface area contributed by atoms with E-state index >= 15 is 0 Å². The molecule has 2 fully saturated rings. The molecule has 1 amide bonds. The molecule has 1 aliphatic carbocycles. The molecule has 1 saturated carbocycles. The van der Waals surface area contributed by atoms with E-state index in [2.05, 4.69) is 18.7 Å². The van der Waals surface area contributed by atoms with Crippen LogP contribution in [-0.2, 0) is 4.79 Å². The quantitative estimate of drug-likeness (QED) is 0.824. The van der Waals surface area contributed by atoms with E-state index in [0.717, 1.165) is 13.1 Å². The summed E-state index contributed by atoms with van der Waals surface area (Å²) in [6, 6.07) is 0.437. The van der Waals surface area contributed by atoms with Crippen molar-refractivity contribution in [3.05, 3.63) is 0 Å². The molecular formula is C15H29N3O. The normalized spacial score (nSPS) is 30.4. The van der Waals surface area contributed by atoms with E-state index in [1.807, 2.05) is 11.9 Å². The molecular weight excluding hydrogens is 238 g/mol. The molecule has 1 unspecified atom stereocenters. The number of carbonyl (C=O) groups excluding carboxylic acids is 1. The summed E-state index contributed by atoms with van der Waals surface area (Å²) in [5.41, 5.74) is 6.07. The van der Waals surface area contributed by atoms with Crippen LogP contribution >= 0.6 is 0 Å². The molecule has 0 aromatic carbocycles. The zero-order valence-corrected chi connectivity index (χ0v) is 12.7. The molecule has 2 rings (SSSR count). The minimum absolute atomic E-state index is 0.116. The topological polar surface area (TPSA) is 49.6 Å². The largest absolute Gasteiger partial charge is 0.344 e. The van der Waals surface area contributed by atoms with Crippen LogP contribution in [0.1, 0.15) is 46.0 Å². The van der Waals surface area contributed by atoms with Crippen LogP contribution in [0.4, 0.5) is 0 Å². The molecule has 2 aliphatic rings. The van der Waals surface area contributed by atoms with Crippen molar-refractivity contribution in [1.29, 1.82) is 0 Å². The maximum atomic E-state index is 12.5. The first-order valence-electron chi connectivity index (χ1n) is 7.65. The average Bonchev–Trinajstić information content (AvgIpc) is 2.46. The van der Waals surface area contributed by atoms with Crippen LogP contribution in [0.25, 0.3) is 0 Å². The first kappa shape index (κ1) is 14.8. The summed E-state index contributed by atoms with van der Waals surface area (Å²) >= 11 is 0. The summed E-state index contributed by atoms with van der Waals surface area (Å²) in [7, 11) is 1.91. The van der Waals surface area contributed by atoms with Gasteiger partial charge in [0.05, 0.1) is 0 Å². The molecule has 1 aliphatic heterocycles. The molecule has 4 nitrogen and oxygen atoms in total. The minimum atomic E-state index is -0.116. The van der Waals surface area contributed by atoms with E-state index in [4.69, 9.17) is 5.73 Å². The average molecular weight is 267 g/mol. The van der Waals surface area contributed by atoms with E-state index in [-0.39, 0.29) is 17.4 Å². The van der Waals surface area contributed by atoms with Gasteiger partial charge in [0.25, 0.3) is 0 Å². The van der Waals surface area contributed by atoms with Crippen molar-refractivity contribution in [3.63, 3.8) is 0 Å². The molecule has 110 valence electrons. The Hall–Kier alpha value is -0.610. The first-order valence-corrected chi connectivity index (χ1v) is 7.65. The van der Waals surface area contributed by atoms with Gasteiger partial charge in [0, 0.05) is 32.7 Å². The molecule has 0 bridgehead atoms. The second kappa shape index (κ2) is 5.80. The highest BCUT2D eigenvalue weighted by Crippen LogP contribution is 2.31. The fourth-order valence-corrected chi connectivity index (χ4v) is 3.80. The van der Waals surface area contributed by atoms with Crippen molar-refractivity contribution in [2.24, 2.45) is 11.1 Å². The second-order valence-corrected chi connectivity index (χ2v) is 7.07. The van der Waals surface area contributed by atoms with Gasteiger partial charge < -0.3 is 10.6 Å². The van der Waals surface area contributed by atoms with Crippen LogP contribution in [0.3, 0.4) is 0 Å². The summed E-state index contributed by atoms with van der Waals surface area (Å²) in [6.07, 6.45) is 6.38. The third-order valence-corrected chi connectivity index (χ3v) is 4.60. The third-order valence-electron chi connectivity index (χ3n) is 4.60. The molecule has 0 radical (unpaired) electrons. The van der Waals surface area contributed by atoms with E-state index in [1.54, 1.807) is 0 Å². The number of nitrogens with two attached hydrogens (primary N) is 1. The molecule has 1 heterocycles. The summed E-state index contributed by atoms with van der Waals surface area (Å²) in [5, 5.41) is 0. The molecule has 0 spiro atoms. The van der Waals surface area contributed by atoms with Crippen molar-refractivity contribution in [2.45, 2.75) is 58.0 Å². The smallest absolute Gasteiger partial charge is 0.241 e. The second-order valence-electron chi connectivity index (χ2n) is 7.07. The van der Waals surface area contributed by atoms with Crippen LogP contribution in [0, 0.1) is 5.41 Å². The Bertz CT molecular complexity index is 323. The molecule has 1 atom stereocenters. The fourth-order valence-electron chi connectivity index (χ4n) is 3.80. The van der Waals surface area contributed by atoms with Crippen LogP contribution in [-0.4, -0.2) is 54.5 Å². The number of rotatable bonds is 2. The van der Waals surface area contributed by atoms with Gasteiger partial charge in [-0.2, -0.15) is 0 Å². The Labute approximate surface area is 117 Å². The number of likely N-dealkylation sites (N-methyl/N-ethyl adjacent to an activating group) is 1. The summed E-state index contributed by atoms with van der Waals surface area (Å²) in [4.78, 5) is 16.8. The van der Waals surface area contributed by atoms with E-state index < -0.39 is 0 Å². The van der Waals surface area contributed by atoms with Crippen molar-refractivity contribution in [3.8, 4) is 0 Å². The van der Waals surface area contributed by atoms with Crippen molar-refractivity contribution in [2.75, 3.05) is 26.7 Å². The van der Waals surface area contributed by atoms with E-state index in [0.29, 0.717) is 12.6 Å². The van der Waals surface area contributed by atoms with Crippen molar-refractivity contribution < 1.29 is 4.79 Å². The van der Waals surface area contributed by atoms with Crippen molar-refractivity contribution >= 4 is 5.91 Å². The van der Waals surface area contributed by atoms with Gasteiger partial charge in [-0.25, -0.2) is 0 Å². The SMILES string of the molecule is CN1CC(C)(C)CN(C2CCCCC2)C(CN)C1=O. The number of carbonyl (C=O) groups is 1. The summed E-state index contributed by atoms with van der Waals surface area (Å²) < 4.78 is 0. The minimum Gasteiger partial charge on any atom is -0.344 e. The maximum absolute atomic E-state index is 12.5. The molecule has 0 aromatic heterocycles. The van der Waals surface area contributed by atoms with Crippen LogP contribution in [0.15, 0.2) is 0 Å². The summed E-state index contributed by atoms with van der Waals surface area (Å²) in [5.74, 6) is 0.207. The van der Waals surface area contributed by atoms with Gasteiger partial charge in [-0.3, -0.25) is 9.69 Å². The van der Waals surface area contributed by atoms with Gasteiger partial charge in [0.2, 0.25) is 5.91 Å². The highest BCUT2D eigenvalue weighted by molar-refractivity contribution is 5.82. The summed E-state index contributed by atoms with van der Waals surface area (Å²) in [6.45, 7) is 6.76. The van der Waals surface area contributed by atoms with Gasteiger partial charge in [-0.05, 0) is 18.3 Å². The van der Waals surface area contributed by atoms with Crippen LogP contribution in [0.5, 0.6) is 0 Å². The number of amides is 1. The molecule has 4 heteroatoms. The van der Waals surface area contributed by atoms with Gasteiger partial charge in [-0.15, -0.1) is 0 Å².